The number of alkyl halides is 2. The van der Waals surface area contributed by atoms with E-state index in [1.807, 2.05) is 6.07 Å². The Labute approximate surface area is 161 Å². The summed E-state index contributed by atoms with van der Waals surface area (Å²) in [6.45, 7) is 0. The molecule has 0 saturated heterocycles. The molecule has 3 amide bonds. The summed E-state index contributed by atoms with van der Waals surface area (Å²) in [6, 6.07) is 11.9. The van der Waals surface area contributed by atoms with Crippen molar-refractivity contribution in [1.82, 2.24) is 5.32 Å². The molecule has 0 fully saturated rings. The summed E-state index contributed by atoms with van der Waals surface area (Å²) in [7, 11) is 0. The number of nitrogens with one attached hydrogen (secondary N) is 2. The number of amides is 3. The van der Waals surface area contributed by atoms with Crippen LogP contribution in [0, 0.1) is 0 Å². The van der Waals surface area contributed by atoms with Crippen LogP contribution in [0.5, 0.6) is 0 Å². The average molecular weight is 444 g/mol. The fraction of sp³-hybridized carbons (Fsp3) is 0.176. The Bertz CT molecular complexity index is 775. The van der Waals surface area contributed by atoms with E-state index < -0.39 is 17.8 Å². The molecule has 0 bridgehead atoms. The van der Waals surface area contributed by atoms with Crippen molar-refractivity contribution in [2.24, 2.45) is 5.73 Å². The number of hydrogen-bond acceptors (Lipinski definition) is 3. The second-order valence-electron chi connectivity index (χ2n) is 5.27. The highest BCUT2D eigenvalue weighted by Gasteiger charge is 2.18. The molecule has 0 aromatic heterocycles. The number of carbonyl (C=O) groups is 2. The molecule has 2 aromatic carbocycles. The van der Waals surface area contributed by atoms with E-state index in [1.54, 1.807) is 18.2 Å². The molecule has 0 radical (unpaired) electrons. The Morgan fingerprint density at radius 3 is 2.42 bits per heavy atom. The Hall–Kier alpha value is -2.13. The Balaban J connectivity index is 2.03. The van der Waals surface area contributed by atoms with Gasteiger partial charge in [-0.2, -0.15) is 8.78 Å². The van der Waals surface area contributed by atoms with Gasteiger partial charge in [0, 0.05) is 15.1 Å². The van der Waals surface area contributed by atoms with Gasteiger partial charge in [0.05, 0.1) is 12.5 Å². The minimum atomic E-state index is -2.50. The zero-order valence-corrected chi connectivity index (χ0v) is 15.8. The number of nitrogens with two attached hydrogens (primary N) is 1. The summed E-state index contributed by atoms with van der Waals surface area (Å²) >= 11 is 3.77. The van der Waals surface area contributed by atoms with Crippen LogP contribution in [0.4, 0.5) is 19.3 Å². The van der Waals surface area contributed by atoms with Gasteiger partial charge in [-0.3, -0.25) is 4.79 Å². The quantitative estimate of drug-likeness (QED) is 0.550. The van der Waals surface area contributed by atoms with Crippen molar-refractivity contribution < 1.29 is 18.4 Å². The second-order valence-corrected chi connectivity index (χ2v) is 7.25. The summed E-state index contributed by atoms with van der Waals surface area (Å²) in [6.07, 6.45) is -0.0348. The monoisotopic (exact) mass is 443 g/mol. The van der Waals surface area contributed by atoms with E-state index >= 15 is 0 Å². The van der Waals surface area contributed by atoms with Crippen molar-refractivity contribution in [3.63, 3.8) is 0 Å². The standard InChI is InChI=1S/C17H16BrF2N3O2S/c18-11-3-1-2-10(8-11)14(23-17(21)25)9-15(24)22-12-4-6-13(7-5-12)26-16(19)20/h1-8,14,16H,9H2,(H,22,24)(H3,21,23,25)/t14-/m0/s1. The normalized spacial score (nSPS) is 11.8. The third-order valence-electron chi connectivity index (χ3n) is 3.32. The summed E-state index contributed by atoms with van der Waals surface area (Å²) in [5.41, 5.74) is 6.39. The van der Waals surface area contributed by atoms with Gasteiger partial charge >= 0.3 is 6.03 Å². The van der Waals surface area contributed by atoms with E-state index in [2.05, 4.69) is 26.6 Å². The zero-order valence-electron chi connectivity index (χ0n) is 13.4. The number of primary amides is 1. The predicted molar refractivity (Wildman–Crippen MR) is 101 cm³/mol. The Morgan fingerprint density at radius 1 is 1.15 bits per heavy atom. The van der Waals surface area contributed by atoms with Gasteiger partial charge in [-0.25, -0.2) is 4.79 Å². The molecule has 0 heterocycles. The van der Waals surface area contributed by atoms with Crippen LogP contribution in [0.1, 0.15) is 18.0 Å². The maximum atomic E-state index is 12.3. The highest BCUT2D eigenvalue weighted by Crippen LogP contribution is 2.26. The molecule has 0 aliphatic heterocycles. The highest BCUT2D eigenvalue weighted by atomic mass is 79.9. The van der Waals surface area contributed by atoms with E-state index in [-0.39, 0.29) is 12.3 Å². The molecule has 1 atom stereocenters. The van der Waals surface area contributed by atoms with Crippen LogP contribution in [0.2, 0.25) is 0 Å². The van der Waals surface area contributed by atoms with E-state index in [0.717, 1.165) is 10.0 Å². The van der Waals surface area contributed by atoms with Crippen molar-refractivity contribution in [3.05, 3.63) is 58.6 Å². The van der Waals surface area contributed by atoms with Gasteiger partial charge in [0.25, 0.3) is 5.76 Å². The lowest BCUT2D eigenvalue weighted by atomic mass is 10.0. The second kappa shape index (κ2) is 9.54. The lowest BCUT2D eigenvalue weighted by Gasteiger charge is -2.18. The summed E-state index contributed by atoms with van der Waals surface area (Å²) in [5, 5.41) is 5.21. The maximum Gasteiger partial charge on any atom is 0.312 e. The molecule has 0 aliphatic rings. The fourth-order valence-corrected chi connectivity index (χ4v) is 3.18. The van der Waals surface area contributed by atoms with Gasteiger partial charge in [0.1, 0.15) is 0 Å². The van der Waals surface area contributed by atoms with Crippen LogP contribution in [0.3, 0.4) is 0 Å². The van der Waals surface area contributed by atoms with Crippen LogP contribution in [-0.4, -0.2) is 17.7 Å². The number of hydrogen-bond donors (Lipinski definition) is 3. The number of rotatable bonds is 7. The first-order valence-corrected chi connectivity index (χ1v) is 9.17. The van der Waals surface area contributed by atoms with Gasteiger partial charge in [-0.05, 0) is 42.0 Å². The van der Waals surface area contributed by atoms with Crippen molar-refractivity contribution in [2.75, 3.05) is 5.32 Å². The summed E-state index contributed by atoms with van der Waals surface area (Å²) in [4.78, 5) is 23.9. The maximum absolute atomic E-state index is 12.3. The fourth-order valence-electron chi connectivity index (χ4n) is 2.26. The number of thioether (sulfide) groups is 1. The van der Waals surface area contributed by atoms with Crippen LogP contribution < -0.4 is 16.4 Å². The van der Waals surface area contributed by atoms with Crippen LogP contribution in [-0.2, 0) is 4.79 Å². The van der Waals surface area contributed by atoms with E-state index in [1.165, 1.54) is 24.3 Å². The zero-order chi connectivity index (χ0) is 19.1. The van der Waals surface area contributed by atoms with Gasteiger partial charge < -0.3 is 16.4 Å². The summed E-state index contributed by atoms with van der Waals surface area (Å²) < 4.78 is 25.4. The van der Waals surface area contributed by atoms with E-state index in [9.17, 15) is 18.4 Å². The van der Waals surface area contributed by atoms with E-state index in [4.69, 9.17) is 5.73 Å². The average Bonchev–Trinajstić information content (AvgIpc) is 2.55. The minimum Gasteiger partial charge on any atom is -0.352 e. The first-order valence-electron chi connectivity index (χ1n) is 7.49. The third kappa shape index (κ3) is 6.64. The molecule has 9 heteroatoms. The number of halogens is 3. The van der Waals surface area contributed by atoms with Gasteiger partial charge in [0.15, 0.2) is 0 Å². The van der Waals surface area contributed by atoms with Crippen molar-refractivity contribution >= 4 is 45.3 Å². The lowest BCUT2D eigenvalue weighted by Crippen LogP contribution is -2.35. The number of urea groups is 1. The number of benzene rings is 2. The van der Waals surface area contributed by atoms with Gasteiger partial charge in [0.2, 0.25) is 5.91 Å². The molecule has 4 N–H and O–H groups in total. The Morgan fingerprint density at radius 2 is 1.85 bits per heavy atom. The van der Waals surface area contributed by atoms with Gasteiger partial charge in [-0.1, -0.05) is 39.8 Å². The molecule has 26 heavy (non-hydrogen) atoms. The number of anilines is 1. The molecule has 0 aliphatic carbocycles. The highest BCUT2D eigenvalue weighted by molar-refractivity contribution is 9.10. The summed E-state index contributed by atoms with van der Waals surface area (Å²) in [5.74, 6) is -2.85. The third-order valence-corrected chi connectivity index (χ3v) is 4.54. The molecule has 0 spiro atoms. The van der Waals surface area contributed by atoms with Crippen molar-refractivity contribution in [3.8, 4) is 0 Å². The predicted octanol–water partition coefficient (Wildman–Crippen LogP) is 4.50. The molecule has 138 valence electrons. The first kappa shape index (κ1) is 20.2. The molecular weight excluding hydrogens is 428 g/mol. The van der Waals surface area contributed by atoms with E-state index in [0.29, 0.717) is 22.3 Å². The molecule has 2 rings (SSSR count). The topological polar surface area (TPSA) is 84.2 Å². The SMILES string of the molecule is NC(=O)N[C@@H](CC(=O)Nc1ccc(SC(F)F)cc1)c1cccc(Br)c1. The van der Waals surface area contributed by atoms with Crippen molar-refractivity contribution in [2.45, 2.75) is 23.1 Å². The minimum absolute atomic E-state index is 0.0348. The molecular formula is C17H16BrF2N3O2S. The lowest BCUT2D eigenvalue weighted by molar-refractivity contribution is -0.116. The van der Waals surface area contributed by atoms with Crippen molar-refractivity contribution in [1.29, 1.82) is 0 Å². The molecule has 5 nitrogen and oxygen atoms in total. The van der Waals surface area contributed by atoms with Crippen LogP contribution in [0.25, 0.3) is 0 Å². The van der Waals surface area contributed by atoms with Crippen LogP contribution >= 0.6 is 27.7 Å². The molecule has 2 aromatic rings. The number of carbonyl (C=O) groups excluding carboxylic acids is 2. The Kier molecular flexibility index (Phi) is 7.40. The first-order chi connectivity index (χ1) is 12.3. The molecule has 0 saturated carbocycles. The largest absolute Gasteiger partial charge is 0.352 e. The van der Waals surface area contributed by atoms with Crippen LogP contribution in [0.15, 0.2) is 57.9 Å². The molecule has 0 unspecified atom stereocenters. The van der Waals surface area contributed by atoms with Gasteiger partial charge in [-0.15, -0.1) is 0 Å². The smallest absolute Gasteiger partial charge is 0.312 e.